The molecule has 8 nitrogen and oxygen atoms in total. The average molecular weight is 390 g/mol. The number of nitrogens with zero attached hydrogens (tertiary/aromatic N) is 4. The molecule has 0 aliphatic carbocycles. The summed E-state index contributed by atoms with van der Waals surface area (Å²) in [6, 6.07) is 11.0. The number of hydrogen-bond acceptors (Lipinski definition) is 6. The van der Waals surface area contributed by atoms with Crippen LogP contribution in [0.2, 0.25) is 0 Å². The third-order valence-corrected chi connectivity index (χ3v) is 6.30. The Labute approximate surface area is 155 Å². The molecular weight excluding hydrogens is 375 g/mol. The quantitative estimate of drug-likeness (QED) is 0.584. The van der Waals surface area contributed by atoms with Crippen LogP contribution >= 0.6 is 0 Å². The molecular formula is C17H15FN4O4S. The van der Waals surface area contributed by atoms with Gasteiger partial charge in [0, 0.05) is 38.3 Å². The molecule has 1 heterocycles. The molecule has 1 aliphatic heterocycles. The Kier molecular flexibility index (Phi) is 5.07. The summed E-state index contributed by atoms with van der Waals surface area (Å²) in [6.45, 7) is 0.460. The number of sulfonamides is 1. The largest absolute Gasteiger partial charge is 0.363 e. The molecule has 0 unspecified atom stereocenters. The molecule has 10 heteroatoms. The highest BCUT2D eigenvalue weighted by atomic mass is 32.2. The number of benzene rings is 2. The van der Waals surface area contributed by atoms with Gasteiger partial charge in [0.05, 0.1) is 15.4 Å². The predicted molar refractivity (Wildman–Crippen MR) is 95.2 cm³/mol. The third kappa shape index (κ3) is 3.60. The fourth-order valence-electron chi connectivity index (χ4n) is 3.00. The monoisotopic (exact) mass is 390 g/mol. The summed E-state index contributed by atoms with van der Waals surface area (Å²) in [6.07, 6.45) is 0. The third-order valence-electron chi connectivity index (χ3n) is 4.34. The van der Waals surface area contributed by atoms with Gasteiger partial charge in [0.1, 0.15) is 17.6 Å². The highest BCUT2D eigenvalue weighted by Gasteiger charge is 2.32. The first-order valence-electron chi connectivity index (χ1n) is 8.03. The fraction of sp³-hybridized carbons (Fsp3) is 0.235. The minimum Gasteiger partial charge on any atom is -0.363 e. The van der Waals surface area contributed by atoms with Crippen LogP contribution in [-0.2, 0) is 10.0 Å². The minimum absolute atomic E-state index is 0.0562. The molecule has 0 spiro atoms. The zero-order chi connectivity index (χ0) is 19.6. The first-order valence-corrected chi connectivity index (χ1v) is 9.47. The summed E-state index contributed by atoms with van der Waals surface area (Å²) in [5, 5.41) is 20.3. The van der Waals surface area contributed by atoms with Gasteiger partial charge in [-0.15, -0.1) is 0 Å². The fourth-order valence-corrected chi connectivity index (χ4v) is 4.56. The number of rotatable bonds is 4. The lowest BCUT2D eigenvalue weighted by atomic mass is 10.2. The second-order valence-corrected chi connectivity index (χ2v) is 7.80. The molecule has 0 N–H and O–H groups in total. The van der Waals surface area contributed by atoms with Crippen molar-refractivity contribution in [2.45, 2.75) is 4.90 Å². The Hall–Kier alpha value is -3.03. The van der Waals surface area contributed by atoms with Gasteiger partial charge in [0.2, 0.25) is 10.0 Å². The van der Waals surface area contributed by atoms with Gasteiger partial charge < -0.3 is 4.90 Å². The maximum Gasteiger partial charge on any atom is 0.292 e. The minimum atomic E-state index is -3.87. The molecule has 140 valence electrons. The van der Waals surface area contributed by atoms with Gasteiger partial charge in [-0.2, -0.15) is 9.57 Å². The number of nitro groups is 1. The highest BCUT2D eigenvalue weighted by molar-refractivity contribution is 7.89. The van der Waals surface area contributed by atoms with Crippen LogP contribution in [0.5, 0.6) is 0 Å². The van der Waals surface area contributed by atoms with E-state index in [0.717, 1.165) is 18.2 Å². The summed E-state index contributed by atoms with van der Waals surface area (Å²) >= 11 is 0. The van der Waals surface area contributed by atoms with Crippen LogP contribution in [0, 0.1) is 27.3 Å². The summed E-state index contributed by atoms with van der Waals surface area (Å²) in [5.41, 5.74) is -0.0577. The van der Waals surface area contributed by atoms with Crippen LogP contribution in [0.1, 0.15) is 5.56 Å². The molecule has 1 aliphatic rings. The van der Waals surface area contributed by atoms with E-state index in [-0.39, 0.29) is 48.0 Å². The molecule has 2 aromatic carbocycles. The van der Waals surface area contributed by atoms with Crippen molar-refractivity contribution in [1.29, 1.82) is 5.26 Å². The lowest BCUT2D eigenvalue weighted by Gasteiger charge is -2.35. The van der Waals surface area contributed by atoms with Gasteiger partial charge >= 0.3 is 0 Å². The first-order chi connectivity index (χ1) is 12.8. The van der Waals surface area contributed by atoms with Crippen LogP contribution < -0.4 is 4.90 Å². The summed E-state index contributed by atoms with van der Waals surface area (Å²) in [5.74, 6) is -0.603. The summed E-state index contributed by atoms with van der Waals surface area (Å²) in [7, 11) is -3.87. The smallest absolute Gasteiger partial charge is 0.292 e. The van der Waals surface area contributed by atoms with Crippen molar-refractivity contribution in [2.75, 3.05) is 31.1 Å². The first kappa shape index (κ1) is 18.8. The van der Waals surface area contributed by atoms with E-state index in [9.17, 15) is 22.9 Å². The number of anilines is 1. The molecule has 0 saturated carbocycles. The standard InChI is InChI=1S/C17H15FN4O4S/c18-14-5-6-15(22(23)24)16(11-14)20-7-9-21(10-8-20)27(25,26)17-4-2-1-3-13(17)12-19/h1-6,11H,7-10H2. The number of hydrogen-bond donors (Lipinski definition) is 0. The molecule has 0 radical (unpaired) electrons. The highest BCUT2D eigenvalue weighted by Crippen LogP contribution is 2.30. The molecule has 27 heavy (non-hydrogen) atoms. The number of halogens is 1. The van der Waals surface area contributed by atoms with Gasteiger partial charge in [0.15, 0.2) is 0 Å². The molecule has 0 amide bonds. The van der Waals surface area contributed by atoms with E-state index < -0.39 is 20.8 Å². The SMILES string of the molecule is N#Cc1ccccc1S(=O)(=O)N1CCN(c2cc(F)ccc2[N+](=O)[O-])CC1. The second kappa shape index (κ2) is 7.30. The zero-order valence-corrected chi connectivity index (χ0v) is 14.9. The lowest BCUT2D eigenvalue weighted by Crippen LogP contribution is -2.49. The molecule has 1 fully saturated rings. The van der Waals surface area contributed by atoms with Crippen LogP contribution in [0.25, 0.3) is 0 Å². The van der Waals surface area contributed by atoms with E-state index in [4.69, 9.17) is 5.26 Å². The average Bonchev–Trinajstić information content (AvgIpc) is 2.67. The maximum absolute atomic E-state index is 13.6. The molecule has 0 atom stereocenters. The molecule has 0 aromatic heterocycles. The van der Waals surface area contributed by atoms with Gasteiger partial charge in [0.25, 0.3) is 5.69 Å². The zero-order valence-electron chi connectivity index (χ0n) is 14.1. The van der Waals surface area contributed by atoms with Crippen molar-refractivity contribution in [3.63, 3.8) is 0 Å². The van der Waals surface area contributed by atoms with Crippen LogP contribution in [0.4, 0.5) is 15.8 Å². The van der Waals surface area contributed by atoms with Crippen molar-refractivity contribution in [3.05, 3.63) is 64.0 Å². The normalized spacial score (nSPS) is 15.3. The Morgan fingerprint density at radius 1 is 1.11 bits per heavy atom. The Bertz CT molecular complexity index is 1030. The van der Waals surface area contributed by atoms with E-state index in [1.165, 1.54) is 16.4 Å². The van der Waals surface area contributed by atoms with E-state index in [1.54, 1.807) is 17.0 Å². The van der Waals surface area contributed by atoms with Gasteiger partial charge in [-0.05, 0) is 18.2 Å². The topological polar surface area (TPSA) is 108 Å². The Balaban J connectivity index is 1.83. The van der Waals surface area contributed by atoms with E-state index >= 15 is 0 Å². The molecule has 1 saturated heterocycles. The van der Waals surface area contributed by atoms with Crippen molar-refractivity contribution < 1.29 is 17.7 Å². The van der Waals surface area contributed by atoms with Crippen LogP contribution in [-0.4, -0.2) is 43.8 Å². The Morgan fingerprint density at radius 3 is 2.41 bits per heavy atom. The van der Waals surface area contributed by atoms with Crippen LogP contribution in [0.3, 0.4) is 0 Å². The molecule has 0 bridgehead atoms. The van der Waals surface area contributed by atoms with Gasteiger partial charge in [-0.3, -0.25) is 10.1 Å². The van der Waals surface area contributed by atoms with Crippen molar-refractivity contribution in [3.8, 4) is 6.07 Å². The maximum atomic E-state index is 13.6. The van der Waals surface area contributed by atoms with Crippen molar-refractivity contribution in [2.24, 2.45) is 0 Å². The molecule has 3 rings (SSSR count). The van der Waals surface area contributed by atoms with Crippen molar-refractivity contribution >= 4 is 21.4 Å². The van der Waals surface area contributed by atoms with E-state index in [1.807, 2.05) is 6.07 Å². The summed E-state index contributed by atoms with van der Waals surface area (Å²) in [4.78, 5) is 12.1. The van der Waals surface area contributed by atoms with Gasteiger partial charge in [-0.1, -0.05) is 12.1 Å². The summed E-state index contributed by atoms with van der Waals surface area (Å²) < 4.78 is 40.4. The number of piperazine rings is 1. The Morgan fingerprint density at radius 2 is 1.78 bits per heavy atom. The van der Waals surface area contributed by atoms with Crippen LogP contribution in [0.15, 0.2) is 47.4 Å². The molecule has 2 aromatic rings. The lowest BCUT2D eigenvalue weighted by molar-refractivity contribution is -0.384. The van der Waals surface area contributed by atoms with Crippen molar-refractivity contribution in [1.82, 2.24) is 4.31 Å². The van der Waals surface area contributed by atoms with E-state index in [2.05, 4.69) is 0 Å². The van der Waals surface area contributed by atoms with E-state index in [0.29, 0.717) is 0 Å². The number of nitro benzene ring substituents is 1. The second-order valence-electron chi connectivity index (χ2n) is 5.89. The van der Waals surface area contributed by atoms with Gasteiger partial charge in [-0.25, -0.2) is 12.8 Å². The number of nitriles is 1. The predicted octanol–water partition coefficient (Wildman–Crippen LogP) is 2.12.